The van der Waals surface area contributed by atoms with Crippen molar-refractivity contribution in [2.75, 3.05) is 25.5 Å². The zero-order chi connectivity index (χ0) is 19.4. The standard InChI is InChI=1S/C21H23ClN2O3/c1-14-10-18(19(27-2)12-17(14)22)23-21(26)16-11-20(25)24(13-16)9-8-15-6-4-3-5-7-15/h3-7,10,12,16H,8-9,11,13H2,1-2H3,(H,23,26)/t16-/m1/s1. The zero-order valence-corrected chi connectivity index (χ0v) is 16.3. The number of carbonyl (C=O) groups is 2. The molecule has 0 spiro atoms. The summed E-state index contributed by atoms with van der Waals surface area (Å²) < 4.78 is 5.30. The fourth-order valence-corrected chi connectivity index (χ4v) is 3.39. The van der Waals surface area contributed by atoms with Gasteiger partial charge < -0.3 is 15.0 Å². The van der Waals surface area contributed by atoms with Crippen molar-refractivity contribution in [3.05, 3.63) is 58.6 Å². The molecule has 0 radical (unpaired) electrons. The Hall–Kier alpha value is -2.53. The predicted octanol–water partition coefficient (Wildman–Crippen LogP) is 3.69. The lowest BCUT2D eigenvalue weighted by atomic mass is 10.1. The number of likely N-dealkylation sites (tertiary alicyclic amines) is 1. The molecular formula is C21H23ClN2O3. The first-order valence-corrected chi connectivity index (χ1v) is 9.32. The fourth-order valence-electron chi connectivity index (χ4n) is 3.24. The smallest absolute Gasteiger partial charge is 0.229 e. The van der Waals surface area contributed by atoms with Gasteiger partial charge in [0.25, 0.3) is 0 Å². The van der Waals surface area contributed by atoms with Crippen molar-refractivity contribution in [1.82, 2.24) is 4.90 Å². The quantitative estimate of drug-likeness (QED) is 0.823. The summed E-state index contributed by atoms with van der Waals surface area (Å²) in [6, 6.07) is 13.5. The third-order valence-electron chi connectivity index (χ3n) is 4.84. The minimum absolute atomic E-state index is 0.0188. The molecule has 0 unspecified atom stereocenters. The number of carbonyl (C=O) groups excluding carboxylic acids is 2. The van der Waals surface area contributed by atoms with Crippen LogP contribution in [0, 0.1) is 12.8 Å². The van der Waals surface area contributed by atoms with E-state index in [9.17, 15) is 9.59 Å². The van der Waals surface area contributed by atoms with E-state index < -0.39 is 0 Å². The fraction of sp³-hybridized carbons (Fsp3) is 0.333. The first kappa shape index (κ1) is 19.2. The summed E-state index contributed by atoms with van der Waals surface area (Å²) in [6.45, 7) is 2.92. The summed E-state index contributed by atoms with van der Waals surface area (Å²) in [6.07, 6.45) is 1.01. The largest absolute Gasteiger partial charge is 0.495 e. The molecule has 6 heteroatoms. The Balaban J connectivity index is 1.61. The lowest BCUT2D eigenvalue weighted by molar-refractivity contribution is -0.128. The molecule has 1 fully saturated rings. The number of nitrogens with one attached hydrogen (secondary N) is 1. The molecule has 5 nitrogen and oxygen atoms in total. The lowest BCUT2D eigenvalue weighted by Crippen LogP contribution is -2.30. The highest BCUT2D eigenvalue weighted by molar-refractivity contribution is 6.31. The number of hydrogen-bond acceptors (Lipinski definition) is 3. The summed E-state index contributed by atoms with van der Waals surface area (Å²) in [4.78, 5) is 26.7. The second kappa shape index (κ2) is 8.44. The van der Waals surface area contributed by atoms with Crippen molar-refractivity contribution >= 4 is 29.1 Å². The average Bonchev–Trinajstić information content (AvgIpc) is 3.04. The summed E-state index contributed by atoms with van der Waals surface area (Å²) in [5.41, 5.74) is 2.60. The third kappa shape index (κ3) is 4.61. The molecule has 0 aliphatic carbocycles. The van der Waals surface area contributed by atoms with Gasteiger partial charge in [-0.3, -0.25) is 9.59 Å². The van der Waals surface area contributed by atoms with Gasteiger partial charge in [0, 0.05) is 30.6 Å². The van der Waals surface area contributed by atoms with Crippen LogP contribution in [0.4, 0.5) is 5.69 Å². The third-order valence-corrected chi connectivity index (χ3v) is 5.24. The Morgan fingerprint density at radius 1 is 1.30 bits per heavy atom. The maximum absolute atomic E-state index is 12.7. The molecule has 3 rings (SSSR count). The van der Waals surface area contributed by atoms with Crippen LogP contribution in [-0.4, -0.2) is 36.9 Å². The maximum atomic E-state index is 12.7. The Kier molecular flexibility index (Phi) is 6.01. The zero-order valence-electron chi connectivity index (χ0n) is 15.5. The summed E-state index contributed by atoms with van der Waals surface area (Å²) in [5, 5.41) is 3.46. The van der Waals surface area contributed by atoms with E-state index in [0.717, 1.165) is 12.0 Å². The second-order valence-electron chi connectivity index (χ2n) is 6.77. The highest BCUT2D eigenvalue weighted by Gasteiger charge is 2.34. The van der Waals surface area contributed by atoms with Crippen LogP contribution in [0.2, 0.25) is 5.02 Å². The first-order chi connectivity index (χ1) is 13.0. The highest BCUT2D eigenvalue weighted by Crippen LogP contribution is 2.32. The van der Waals surface area contributed by atoms with Crippen molar-refractivity contribution in [3.8, 4) is 5.75 Å². The molecule has 1 N–H and O–H groups in total. The Bertz CT molecular complexity index is 839. The Labute approximate surface area is 164 Å². The average molecular weight is 387 g/mol. The number of aryl methyl sites for hydroxylation is 1. The van der Waals surface area contributed by atoms with Crippen molar-refractivity contribution in [3.63, 3.8) is 0 Å². The van der Waals surface area contributed by atoms with Crippen LogP contribution in [0.3, 0.4) is 0 Å². The van der Waals surface area contributed by atoms with Gasteiger partial charge in [0.2, 0.25) is 11.8 Å². The van der Waals surface area contributed by atoms with Crippen LogP contribution in [0.25, 0.3) is 0 Å². The molecule has 27 heavy (non-hydrogen) atoms. The van der Waals surface area contributed by atoms with Crippen molar-refractivity contribution in [1.29, 1.82) is 0 Å². The Morgan fingerprint density at radius 2 is 2.04 bits per heavy atom. The van der Waals surface area contributed by atoms with E-state index in [-0.39, 0.29) is 24.2 Å². The minimum atomic E-state index is -0.367. The molecule has 142 valence electrons. The molecule has 2 aromatic carbocycles. The van der Waals surface area contributed by atoms with E-state index in [2.05, 4.69) is 5.32 Å². The van der Waals surface area contributed by atoms with Gasteiger partial charge in [-0.15, -0.1) is 0 Å². The molecule has 1 atom stereocenters. The highest BCUT2D eigenvalue weighted by atomic mass is 35.5. The molecule has 1 saturated heterocycles. The number of hydrogen-bond donors (Lipinski definition) is 1. The van der Waals surface area contributed by atoms with Gasteiger partial charge in [0.15, 0.2) is 0 Å². The number of amides is 2. The number of nitrogens with zero attached hydrogens (tertiary/aromatic N) is 1. The van der Waals surface area contributed by atoms with E-state index in [4.69, 9.17) is 16.3 Å². The van der Waals surface area contributed by atoms with Gasteiger partial charge in [-0.25, -0.2) is 0 Å². The monoisotopic (exact) mass is 386 g/mol. The van der Waals surface area contributed by atoms with Gasteiger partial charge in [0.05, 0.1) is 18.7 Å². The van der Waals surface area contributed by atoms with Gasteiger partial charge in [-0.1, -0.05) is 41.9 Å². The molecule has 1 heterocycles. The number of benzene rings is 2. The topological polar surface area (TPSA) is 58.6 Å². The van der Waals surface area contributed by atoms with Gasteiger partial charge in [-0.2, -0.15) is 0 Å². The Morgan fingerprint density at radius 3 is 2.74 bits per heavy atom. The van der Waals surface area contributed by atoms with E-state index in [1.165, 1.54) is 12.7 Å². The molecule has 2 amide bonds. The van der Waals surface area contributed by atoms with E-state index in [1.807, 2.05) is 37.3 Å². The van der Waals surface area contributed by atoms with Crippen LogP contribution < -0.4 is 10.1 Å². The van der Waals surface area contributed by atoms with E-state index in [0.29, 0.717) is 29.5 Å². The van der Waals surface area contributed by atoms with Crippen LogP contribution in [0.5, 0.6) is 5.75 Å². The molecular weight excluding hydrogens is 364 g/mol. The summed E-state index contributed by atoms with van der Waals surface area (Å²) >= 11 is 6.11. The van der Waals surface area contributed by atoms with Gasteiger partial charge >= 0.3 is 0 Å². The van der Waals surface area contributed by atoms with Crippen LogP contribution >= 0.6 is 11.6 Å². The van der Waals surface area contributed by atoms with Crippen LogP contribution in [-0.2, 0) is 16.0 Å². The second-order valence-corrected chi connectivity index (χ2v) is 7.17. The maximum Gasteiger partial charge on any atom is 0.229 e. The molecule has 0 bridgehead atoms. The molecule has 1 aliphatic rings. The van der Waals surface area contributed by atoms with Crippen LogP contribution in [0.1, 0.15) is 17.5 Å². The van der Waals surface area contributed by atoms with Gasteiger partial charge in [0.1, 0.15) is 5.75 Å². The van der Waals surface area contributed by atoms with E-state index in [1.54, 1.807) is 17.0 Å². The number of methoxy groups -OCH3 is 1. The van der Waals surface area contributed by atoms with Crippen LogP contribution in [0.15, 0.2) is 42.5 Å². The summed E-state index contributed by atoms with van der Waals surface area (Å²) in [5.74, 6) is -0.0194. The summed E-state index contributed by atoms with van der Waals surface area (Å²) in [7, 11) is 1.53. The normalized spacial score (nSPS) is 16.5. The minimum Gasteiger partial charge on any atom is -0.495 e. The number of rotatable bonds is 6. The number of halogens is 1. The molecule has 0 aromatic heterocycles. The van der Waals surface area contributed by atoms with E-state index >= 15 is 0 Å². The molecule has 2 aromatic rings. The SMILES string of the molecule is COc1cc(Cl)c(C)cc1NC(=O)[C@@H]1CC(=O)N(CCc2ccccc2)C1. The first-order valence-electron chi connectivity index (χ1n) is 8.94. The predicted molar refractivity (Wildman–Crippen MR) is 106 cm³/mol. The van der Waals surface area contributed by atoms with Crippen molar-refractivity contribution in [2.24, 2.45) is 5.92 Å². The lowest BCUT2D eigenvalue weighted by Gasteiger charge is -2.17. The number of ether oxygens (including phenoxy) is 1. The van der Waals surface area contributed by atoms with Crippen molar-refractivity contribution in [2.45, 2.75) is 19.8 Å². The van der Waals surface area contributed by atoms with Gasteiger partial charge in [-0.05, 0) is 30.5 Å². The molecule has 1 aliphatic heterocycles. The molecule has 0 saturated carbocycles. The van der Waals surface area contributed by atoms with Crippen molar-refractivity contribution < 1.29 is 14.3 Å². The number of anilines is 1.